The summed E-state index contributed by atoms with van der Waals surface area (Å²) in [5.74, 6) is 0.536. The molecule has 8 heteroatoms. The highest BCUT2D eigenvalue weighted by atomic mass is 35.5. The van der Waals surface area contributed by atoms with E-state index in [1.807, 2.05) is 25.1 Å². The largest absolute Gasteiger partial charge is 0.354 e. The second kappa shape index (κ2) is 12.5. The molecule has 0 aliphatic rings. The molecule has 1 N–H and O–H groups in total. The van der Waals surface area contributed by atoms with Gasteiger partial charge in [-0.15, -0.1) is 11.8 Å². The van der Waals surface area contributed by atoms with Gasteiger partial charge in [0.2, 0.25) is 11.8 Å². The first-order chi connectivity index (χ1) is 14.3. The first kappa shape index (κ1) is 24.9. The highest BCUT2D eigenvalue weighted by Crippen LogP contribution is 2.25. The van der Waals surface area contributed by atoms with E-state index in [-0.39, 0.29) is 17.6 Å². The molecule has 0 heterocycles. The maximum Gasteiger partial charge on any atom is 0.242 e. The molecular weight excluding hydrogens is 463 g/mol. The Morgan fingerprint density at radius 2 is 1.73 bits per heavy atom. The van der Waals surface area contributed by atoms with Gasteiger partial charge < -0.3 is 10.2 Å². The Kier molecular flexibility index (Phi) is 10.3. The van der Waals surface area contributed by atoms with E-state index in [9.17, 15) is 9.59 Å². The number of nitrogens with one attached hydrogen (secondary N) is 1. The van der Waals surface area contributed by atoms with Gasteiger partial charge in [0.15, 0.2) is 0 Å². The fourth-order valence-electron chi connectivity index (χ4n) is 2.73. The van der Waals surface area contributed by atoms with E-state index in [4.69, 9.17) is 34.8 Å². The maximum absolute atomic E-state index is 13.0. The molecule has 0 unspecified atom stereocenters. The molecule has 1 atom stereocenters. The molecule has 0 radical (unpaired) electrons. The van der Waals surface area contributed by atoms with Crippen molar-refractivity contribution in [3.63, 3.8) is 0 Å². The lowest BCUT2D eigenvalue weighted by molar-refractivity contribution is -0.138. The third-order valence-corrected chi connectivity index (χ3v) is 6.29. The van der Waals surface area contributed by atoms with Crippen LogP contribution in [0.2, 0.25) is 15.1 Å². The Bertz CT molecular complexity index is 862. The Morgan fingerprint density at radius 3 is 2.37 bits per heavy atom. The average molecular weight is 488 g/mol. The number of carbonyl (C=O) groups excluding carboxylic acids is 2. The Labute approximate surface area is 197 Å². The van der Waals surface area contributed by atoms with E-state index in [2.05, 4.69) is 5.32 Å². The summed E-state index contributed by atoms with van der Waals surface area (Å²) >= 11 is 19.6. The number of hydrogen-bond donors (Lipinski definition) is 1. The fraction of sp³-hybridized carbons (Fsp3) is 0.364. The normalized spacial score (nSPS) is 11.8. The molecule has 4 nitrogen and oxygen atoms in total. The van der Waals surface area contributed by atoms with Crippen molar-refractivity contribution in [3.8, 4) is 0 Å². The van der Waals surface area contributed by atoms with Crippen LogP contribution in [0.1, 0.15) is 31.4 Å². The second-order valence-electron chi connectivity index (χ2n) is 6.84. The van der Waals surface area contributed by atoms with Gasteiger partial charge in [-0.25, -0.2) is 0 Å². The van der Waals surface area contributed by atoms with Gasteiger partial charge in [0.1, 0.15) is 6.04 Å². The Balaban J connectivity index is 2.06. The summed E-state index contributed by atoms with van der Waals surface area (Å²) in [6.45, 7) is 4.65. The van der Waals surface area contributed by atoms with Gasteiger partial charge in [-0.3, -0.25) is 9.59 Å². The average Bonchev–Trinajstić information content (AvgIpc) is 2.72. The van der Waals surface area contributed by atoms with Crippen LogP contribution in [-0.4, -0.2) is 35.1 Å². The zero-order chi connectivity index (χ0) is 22.1. The zero-order valence-corrected chi connectivity index (χ0v) is 20.0. The number of carbonyl (C=O) groups is 2. The summed E-state index contributed by atoms with van der Waals surface area (Å²) in [6, 6.07) is 12.0. The third-order valence-electron chi connectivity index (χ3n) is 4.48. The molecule has 0 saturated heterocycles. The van der Waals surface area contributed by atoms with Gasteiger partial charge in [-0.2, -0.15) is 0 Å². The summed E-state index contributed by atoms with van der Waals surface area (Å²) in [7, 11) is 0. The van der Waals surface area contributed by atoms with Crippen LogP contribution in [0.15, 0.2) is 42.5 Å². The minimum atomic E-state index is -0.584. The number of thioether (sulfide) groups is 1. The van der Waals surface area contributed by atoms with Gasteiger partial charge in [-0.1, -0.05) is 59.9 Å². The van der Waals surface area contributed by atoms with E-state index in [1.165, 1.54) is 11.8 Å². The van der Waals surface area contributed by atoms with Crippen molar-refractivity contribution < 1.29 is 9.59 Å². The molecule has 0 aromatic heterocycles. The van der Waals surface area contributed by atoms with Crippen LogP contribution in [0.4, 0.5) is 0 Å². The molecule has 162 valence electrons. The van der Waals surface area contributed by atoms with Crippen molar-refractivity contribution in [2.75, 3.05) is 12.3 Å². The van der Waals surface area contributed by atoms with E-state index < -0.39 is 6.04 Å². The van der Waals surface area contributed by atoms with Gasteiger partial charge in [0.05, 0.1) is 5.75 Å². The number of rotatable bonds is 10. The third kappa shape index (κ3) is 7.69. The Morgan fingerprint density at radius 1 is 1.07 bits per heavy atom. The standard InChI is InChI=1S/C22H25Cl3N2O2S/c1-3-10-26-22(29)15(2)27(12-16-4-7-18(23)8-5-16)21(28)14-30-13-17-6-9-19(24)11-20(17)25/h4-9,11,15H,3,10,12-14H2,1-2H3,(H,26,29)/t15-/m1/s1. The van der Waals surface area contributed by atoms with Crippen molar-refractivity contribution in [1.82, 2.24) is 10.2 Å². The lowest BCUT2D eigenvalue weighted by Gasteiger charge is -2.28. The molecule has 2 amide bonds. The molecule has 0 fully saturated rings. The lowest BCUT2D eigenvalue weighted by atomic mass is 10.1. The molecule has 2 rings (SSSR count). The SMILES string of the molecule is CCCNC(=O)[C@@H](C)N(Cc1ccc(Cl)cc1)C(=O)CSCc1ccc(Cl)cc1Cl. The molecule has 0 spiro atoms. The van der Waals surface area contributed by atoms with Crippen LogP contribution in [0, 0.1) is 0 Å². The molecule has 0 bridgehead atoms. The quantitative estimate of drug-likeness (QED) is 0.459. The van der Waals surface area contributed by atoms with Crippen LogP contribution in [-0.2, 0) is 21.9 Å². The monoisotopic (exact) mass is 486 g/mol. The number of amides is 2. The Hall–Kier alpha value is -1.40. The topological polar surface area (TPSA) is 49.4 Å². The number of nitrogens with zero attached hydrogens (tertiary/aromatic N) is 1. The van der Waals surface area contributed by atoms with Crippen LogP contribution >= 0.6 is 46.6 Å². The minimum Gasteiger partial charge on any atom is -0.354 e. The molecule has 0 saturated carbocycles. The highest BCUT2D eigenvalue weighted by molar-refractivity contribution is 7.99. The van der Waals surface area contributed by atoms with Crippen LogP contribution < -0.4 is 5.32 Å². The minimum absolute atomic E-state index is 0.112. The molecule has 2 aromatic rings. The first-order valence-electron chi connectivity index (χ1n) is 9.65. The number of benzene rings is 2. The zero-order valence-electron chi connectivity index (χ0n) is 17.0. The van der Waals surface area contributed by atoms with E-state index in [0.29, 0.717) is 33.9 Å². The smallest absolute Gasteiger partial charge is 0.242 e. The fourth-order valence-corrected chi connectivity index (χ4v) is 4.33. The van der Waals surface area contributed by atoms with Gasteiger partial charge in [-0.05, 0) is 48.7 Å². The maximum atomic E-state index is 13.0. The summed E-state index contributed by atoms with van der Waals surface area (Å²) in [6.07, 6.45) is 0.835. The van der Waals surface area contributed by atoms with E-state index >= 15 is 0 Å². The summed E-state index contributed by atoms with van der Waals surface area (Å²) in [4.78, 5) is 27.1. The number of halogens is 3. The molecule has 30 heavy (non-hydrogen) atoms. The number of hydrogen-bond acceptors (Lipinski definition) is 3. The van der Waals surface area contributed by atoms with E-state index in [0.717, 1.165) is 17.5 Å². The second-order valence-corrected chi connectivity index (χ2v) is 9.11. The lowest BCUT2D eigenvalue weighted by Crippen LogP contribution is -2.48. The van der Waals surface area contributed by atoms with Crippen molar-refractivity contribution >= 4 is 58.4 Å². The van der Waals surface area contributed by atoms with Crippen LogP contribution in [0.3, 0.4) is 0 Å². The van der Waals surface area contributed by atoms with Crippen molar-refractivity contribution in [2.24, 2.45) is 0 Å². The summed E-state index contributed by atoms with van der Waals surface area (Å²) < 4.78 is 0. The highest BCUT2D eigenvalue weighted by Gasteiger charge is 2.25. The first-order valence-corrected chi connectivity index (χ1v) is 11.9. The van der Waals surface area contributed by atoms with Crippen molar-refractivity contribution in [2.45, 2.75) is 38.6 Å². The summed E-state index contributed by atoms with van der Waals surface area (Å²) in [5.41, 5.74) is 1.82. The van der Waals surface area contributed by atoms with Crippen molar-refractivity contribution in [3.05, 3.63) is 68.7 Å². The predicted molar refractivity (Wildman–Crippen MR) is 127 cm³/mol. The van der Waals surface area contributed by atoms with Gasteiger partial charge in [0, 0.05) is 33.9 Å². The van der Waals surface area contributed by atoms with E-state index in [1.54, 1.807) is 36.1 Å². The molecular formula is C22H25Cl3N2O2S. The molecule has 0 aliphatic heterocycles. The van der Waals surface area contributed by atoms with Gasteiger partial charge in [0.25, 0.3) is 0 Å². The predicted octanol–water partition coefficient (Wildman–Crippen LogP) is 5.82. The van der Waals surface area contributed by atoms with Crippen LogP contribution in [0.25, 0.3) is 0 Å². The van der Waals surface area contributed by atoms with Crippen molar-refractivity contribution in [1.29, 1.82) is 0 Å². The van der Waals surface area contributed by atoms with Gasteiger partial charge >= 0.3 is 0 Å². The molecule has 0 aliphatic carbocycles. The molecule has 2 aromatic carbocycles. The summed E-state index contributed by atoms with van der Waals surface area (Å²) in [5, 5.41) is 4.64. The van der Waals surface area contributed by atoms with Crippen LogP contribution in [0.5, 0.6) is 0 Å².